The van der Waals surface area contributed by atoms with Gasteiger partial charge in [-0.2, -0.15) is 0 Å². The highest BCUT2D eigenvalue weighted by Gasteiger charge is 2.25. The lowest BCUT2D eigenvalue weighted by Crippen LogP contribution is -2.33. The van der Waals surface area contributed by atoms with E-state index in [0.717, 1.165) is 10.7 Å². The molecule has 0 fully saturated rings. The number of hydrogen-bond acceptors (Lipinski definition) is 4. The summed E-state index contributed by atoms with van der Waals surface area (Å²) in [7, 11) is 0. The number of rotatable bonds is 4. The lowest BCUT2D eigenvalue weighted by molar-refractivity contribution is 0.0990. The van der Waals surface area contributed by atoms with Gasteiger partial charge in [-0.15, -0.1) is 11.8 Å². The Balaban J connectivity index is 1.62. The summed E-state index contributed by atoms with van der Waals surface area (Å²) in [6, 6.07) is 26.1. The molecule has 1 aliphatic heterocycles. The molecule has 0 aliphatic carbocycles. The Morgan fingerprint density at radius 3 is 2.29 bits per heavy atom. The second kappa shape index (κ2) is 8.23. The predicted molar refractivity (Wildman–Crippen MR) is 115 cm³/mol. The van der Waals surface area contributed by atoms with Gasteiger partial charge in [0.1, 0.15) is 0 Å². The number of para-hydroxylation sites is 2. The van der Waals surface area contributed by atoms with Crippen LogP contribution in [0, 0.1) is 0 Å². The van der Waals surface area contributed by atoms with Crippen LogP contribution in [0.1, 0.15) is 20.7 Å². The van der Waals surface area contributed by atoms with Crippen molar-refractivity contribution < 1.29 is 9.59 Å². The first-order valence-electron chi connectivity index (χ1n) is 8.97. The summed E-state index contributed by atoms with van der Waals surface area (Å²) < 4.78 is 0. The summed E-state index contributed by atoms with van der Waals surface area (Å²) >= 11 is 1.38. The molecule has 0 saturated carbocycles. The first-order valence-corrected chi connectivity index (χ1v) is 9.95. The molecule has 0 spiro atoms. The Morgan fingerprint density at radius 2 is 1.54 bits per heavy atom. The second-order valence-electron chi connectivity index (χ2n) is 6.33. The maximum absolute atomic E-state index is 13.1. The first-order chi connectivity index (χ1) is 13.7. The topological polar surface area (TPSA) is 49.7 Å². The average molecular weight is 386 g/mol. The molecule has 0 bridgehead atoms. The molecule has 1 aliphatic rings. The van der Waals surface area contributed by atoms with Crippen LogP contribution in [0.5, 0.6) is 0 Å². The lowest BCUT2D eigenvalue weighted by atomic mass is 10.1. The fourth-order valence-corrected chi connectivity index (χ4v) is 3.87. The second-order valence-corrected chi connectivity index (χ2v) is 7.38. The van der Waals surface area contributed by atoms with Gasteiger partial charge < -0.3 is 4.90 Å². The van der Waals surface area contributed by atoms with E-state index in [9.17, 15) is 9.59 Å². The molecule has 0 N–H and O–H groups in total. The van der Waals surface area contributed by atoms with Crippen molar-refractivity contribution in [3.8, 4) is 0 Å². The van der Waals surface area contributed by atoms with Gasteiger partial charge in [0, 0.05) is 11.3 Å². The summed E-state index contributed by atoms with van der Waals surface area (Å²) in [5.74, 6) is 0.237. The fourth-order valence-electron chi connectivity index (χ4n) is 3.02. The number of fused-ring (bicyclic) bond motifs is 1. The van der Waals surface area contributed by atoms with E-state index in [2.05, 4.69) is 0 Å². The normalized spacial score (nSPS) is 13.5. The summed E-state index contributed by atoms with van der Waals surface area (Å²) in [4.78, 5) is 32.0. The van der Waals surface area contributed by atoms with Crippen LogP contribution >= 0.6 is 11.8 Å². The Labute approximate surface area is 167 Å². The zero-order chi connectivity index (χ0) is 19.3. The molecule has 0 saturated heterocycles. The maximum Gasteiger partial charge on any atom is 0.260 e. The standard InChI is InChI=1S/C23H18N2O2S/c26-21(17-9-3-1-4-10-17)16-28-22-15-25(18-11-5-2-6-12-18)23(27)19-13-7-8-14-20(19)24-22/h1-14H,15-16H2. The van der Waals surface area contributed by atoms with Crippen molar-refractivity contribution in [2.24, 2.45) is 4.99 Å². The molecular weight excluding hydrogens is 368 g/mol. The minimum atomic E-state index is -0.0875. The quantitative estimate of drug-likeness (QED) is 0.593. The summed E-state index contributed by atoms with van der Waals surface area (Å²) in [5, 5.41) is 0.742. The number of hydrogen-bond donors (Lipinski definition) is 0. The molecule has 28 heavy (non-hydrogen) atoms. The smallest absolute Gasteiger partial charge is 0.260 e. The molecule has 3 aromatic rings. The van der Waals surface area contributed by atoms with Gasteiger partial charge in [0.05, 0.1) is 28.6 Å². The van der Waals surface area contributed by atoms with Gasteiger partial charge in [0.2, 0.25) is 0 Å². The Bertz CT molecular complexity index is 1030. The third-order valence-electron chi connectivity index (χ3n) is 4.45. The van der Waals surface area contributed by atoms with Crippen molar-refractivity contribution in [1.82, 2.24) is 0 Å². The molecule has 1 amide bonds. The minimum Gasteiger partial charge on any atom is -0.302 e. The number of carbonyl (C=O) groups is 2. The molecule has 138 valence electrons. The SMILES string of the molecule is O=C(CSC1=Nc2ccccc2C(=O)N(c2ccccc2)C1)c1ccccc1. The van der Waals surface area contributed by atoms with Crippen molar-refractivity contribution in [1.29, 1.82) is 0 Å². The molecule has 0 aromatic heterocycles. The highest BCUT2D eigenvalue weighted by Crippen LogP contribution is 2.29. The van der Waals surface area contributed by atoms with Gasteiger partial charge in [0.15, 0.2) is 5.78 Å². The Morgan fingerprint density at radius 1 is 0.893 bits per heavy atom. The third-order valence-corrected chi connectivity index (χ3v) is 5.41. The lowest BCUT2D eigenvalue weighted by Gasteiger charge is -2.21. The van der Waals surface area contributed by atoms with E-state index in [1.165, 1.54) is 11.8 Å². The van der Waals surface area contributed by atoms with E-state index in [-0.39, 0.29) is 17.4 Å². The summed E-state index contributed by atoms with van der Waals surface area (Å²) in [6.07, 6.45) is 0. The Hall–Kier alpha value is -3.18. The van der Waals surface area contributed by atoms with Gasteiger partial charge in [-0.25, -0.2) is 4.99 Å². The van der Waals surface area contributed by atoms with Gasteiger partial charge in [-0.1, -0.05) is 60.7 Å². The van der Waals surface area contributed by atoms with Crippen molar-refractivity contribution >= 4 is 39.9 Å². The number of amides is 1. The van der Waals surface area contributed by atoms with Crippen molar-refractivity contribution in [3.05, 3.63) is 96.1 Å². The van der Waals surface area contributed by atoms with Crippen molar-refractivity contribution in [2.75, 3.05) is 17.2 Å². The molecule has 0 unspecified atom stereocenters. The molecule has 0 radical (unpaired) electrons. The average Bonchev–Trinajstić information content (AvgIpc) is 2.90. The van der Waals surface area contributed by atoms with Gasteiger partial charge >= 0.3 is 0 Å². The van der Waals surface area contributed by atoms with Crippen LogP contribution in [0.25, 0.3) is 0 Å². The van der Waals surface area contributed by atoms with Crippen LogP contribution in [0.2, 0.25) is 0 Å². The molecule has 4 nitrogen and oxygen atoms in total. The monoisotopic (exact) mass is 386 g/mol. The number of thioether (sulfide) groups is 1. The van der Waals surface area contributed by atoms with E-state index in [1.54, 1.807) is 11.0 Å². The minimum absolute atomic E-state index is 0.0448. The molecule has 0 atom stereocenters. The maximum atomic E-state index is 13.1. The van der Waals surface area contributed by atoms with Crippen LogP contribution in [0.3, 0.4) is 0 Å². The van der Waals surface area contributed by atoms with Crippen LogP contribution in [0.15, 0.2) is 89.9 Å². The zero-order valence-electron chi connectivity index (χ0n) is 15.1. The van der Waals surface area contributed by atoms with Crippen LogP contribution in [0.4, 0.5) is 11.4 Å². The van der Waals surface area contributed by atoms with Crippen molar-refractivity contribution in [2.45, 2.75) is 0 Å². The van der Waals surface area contributed by atoms with Crippen molar-refractivity contribution in [3.63, 3.8) is 0 Å². The van der Waals surface area contributed by atoms with E-state index < -0.39 is 0 Å². The van der Waals surface area contributed by atoms with Gasteiger partial charge in [-0.05, 0) is 24.3 Å². The fraction of sp³-hybridized carbons (Fsp3) is 0.0870. The number of carbonyl (C=O) groups excluding carboxylic acids is 2. The summed E-state index contributed by atoms with van der Waals surface area (Å²) in [6.45, 7) is 0.338. The van der Waals surface area contributed by atoms with E-state index in [1.807, 2.05) is 78.9 Å². The van der Waals surface area contributed by atoms with E-state index >= 15 is 0 Å². The number of ketones is 1. The van der Waals surface area contributed by atoms with Crippen LogP contribution in [-0.4, -0.2) is 29.0 Å². The highest BCUT2D eigenvalue weighted by molar-refractivity contribution is 8.14. The number of anilines is 1. The third kappa shape index (κ3) is 3.89. The highest BCUT2D eigenvalue weighted by atomic mass is 32.2. The molecule has 4 rings (SSSR count). The molecule has 5 heteroatoms. The van der Waals surface area contributed by atoms with Crippen LogP contribution in [-0.2, 0) is 0 Å². The summed E-state index contributed by atoms with van der Waals surface area (Å²) in [5.41, 5.74) is 2.70. The number of aliphatic imine (C=N–C) groups is 1. The number of Topliss-reactive ketones (excluding diaryl/α,β-unsaturated/α-hetero) is 1. The predicted octanol–water partition coefficient (Wildman–Crippen LogP) is 4.99. The molecule has 1 heterocycles. The van der Waals surface area contributed by atoms with Crippen LogP contribution < -0.4 is 4.90 Å². The first kappa shape index (κ1) is 18.2. The Kier molecular flexibility index (Phi) is 5.35. The largest absolute Gasteiger partial charge is 0.302 e. The van der Waals surface area contributed by atoms with Gasteiger partial charge in [0.25, 0.3) is 5.91 Å². The molecular formula is C23H18N2O2S. The van der Waals surface area contributed by atoms with Gasteiger partial charge in [-0.3, -0.25) is 9.59 Å². The van der Waals surface area contributed by atoms with E-state index in [4.69, 9.17) is 4.99 Å². The van der Waals surface area contributed by atoms with E-state index in [0.29, 0.717) is 23.4 Å². The zero-order valence-corrected chi connectivity index (χ0v) is 15.9. The number of benzene rings is 3. The number of nitrogens with zero attached hydrogens (tertiary/aromatic N) is 2. The molecule has 3 aromatic carbocycles.